The van der Waals surface area contributed by atoms with Gasteiger partial charge in [0.05, 0.1) is 5.39 Å². The summed E-state index contributed by atoms with van der Waals surface area (Å²) in [6.07, 6.45) is 0. The number of nitrogens with one attached hydrogen (secondary N) is 1. The highest BCUT2D eigenvalue weighted by atomic mass is 35.5. The Kier molecular flexibility index (Phi) is 6.99. The lowest BCUT2D eigenvalue weighted by Crippen LogP contribution is -2.29. The number of hydrogen-bond acceptors (Lipinski definition) is 4. The fourth-order valence-electron chi connectivity index (χ4n) is 3.73. The van der Waals surface area contributed by atoms with Crippen LogP contribution < -0.4 is 15.5 Å². The van der Waals surface area contributed by atoms with Crippen LogP contribution in [-0.2, 0) is 16.8 Å². The summed E-state index contributed by atoms with van der Waals surface area (Å²) in [6.45, 7) is 8.29. The van der Waals surface area contributed by atoms with Crippen LogP contribution in [0, 0.1) is 6.92 Å². The number of ether oxygens (including phenoxy) is 1. The van der Waals surface area contributed by atoms with Crippen molar-refractivity contribution in [1.29, 1.82) is 0 Å². The van der Waals surface area contributed by atoms with Gasteiger partial charge in [-0.2, -0.15) is 0 Å². The predicted molar refractivity (Wildman–Crippen MR) is 140 cm³/mol. The SMILES string of the molecule is Cc1cc2oc(-c3ccc(C(C)(C)C)cc3)c(OCC(=O)NCc3ccccc3)c(=O)c2cc1Cl. The fraction of sp³-hybridized carbons (Fsp3) is 0.241. The molecule has 0 radical (unpaired) electrons. The average Bonchev–Trinajstić information content (AvgIpc) is 2.83. The second-order valence-electron chi connectivity index (χ2n) is 9.57. The van der Waals surface area contributed by atoms with Gasteiger partial charge in [-0.25, -0.2) is 0 Å². The molecule has 180 valence electrons. The largest absolute Gasteiger partial charge is 0.476 e. The summed E-state index contributed by atoms with van der Waals surface area (Å²) in [5.41, 5.74) is 3.61. The summed E-state index contributed by atoms with van der Waals surface area (Å²) in [7, 11) is 0. The van der Waals surface area contributed by atoms with Crippen molar-refractivity contribution in [3.63, 3.8) is 0 Å². The van der Waals surface area contributed by atoms with Gasteiger partial charge in [0.25, 0.3) is 5.91 Å². The molecule has 4 aromatic rings. The molecule has 0 atom stereocenters. The van der Waals surface area contributed by atoms with Crippen LogP contribution in [0.25, 0.3) is 22.3 Å². The van der Waals surface area contributed by atoms with E-state index in [-0.39, 0.29) is 34.9 Å². The Morgan fingerprint density at radius 2 is 1.71 bits per heavy atom. The Morgan fingerprint density at radius 1 is 1.03 bits per heavy atom. The molecule has 1 heterocycles. The first-order valence-corrected chi connectivity index (χ1v) is 11.8. The van der Waals surface area contributed by atoms with Gasteiger partial charge in [-0.05, 0) is 41.2 Å². The van der Waals surface area contributed by atoms with Crippen molar-refractivity contribution in [2.75, 3.05) is 6.61 Å². The summed E-state index contributed by atoms with van der Waals surface area (Å²) >= 11 is 6.27. The molecule has 5 nitrogen and oxygen atoms in total. The highest BCUT2D eigenvalue weighted by Crippen LogP contribution is 2.34. The molecule has 1 amide bonds. The van der Waals surface area contributed by atoms with Gasteiger partial charge in [0.2, 0.25) is 11.2 Å². The van der Waals surface area contributed by atoms with Crippen LogP contribution in [-0.4, -0.2) is 12.5 Å². The summed E-state index contributed by atoms with van der Waals surface area (Å²) in [4.78, 5) is 25.9. The van der Waals surface area contributed by atoms with Crippen molar-refractivity contribution in [2.24, 2.45) is 0 Å². The zero-order valence-electron chi connectivity index (χ0n) is 20.3. The number of halogens is 1. The van der Waals surface area contributed by atoms with Crippen LogP contribution in [0.15, 0.2) is 75.9 Å². The van der Waals surface area contributed by atoms with Crippen LogP contribution in [0.3, 0.4) is 0 Å². The molecule has 0 aliphatic heterocycles. The molecule has 0 spiro atoms. The smallest absolute Gasteiger partial charge is 0.258 e. The summed E-state index contributed by atoms with van der Waals surface area (Å²) < 4.78 is 12.0. The standard InChI is InChI=1S/C29H28ClNO4/c1-18-14-24-22(15-23(18)30)26(33)28(34-17-25(32)31-16-19-8-6-5-7-9-19)27(35-24)20-10-12-21(13-11-20)29(2,3)4/h5-15H,16-17H2,1-4H3,(H,31,32). The molecule has 0 saturated heterocycles. The maximum Gasteiger partial charge on any atom is 0.258 e. The number of benzene rings is 3. The van der Waals surface area contributed by atoms with Gasteiger partial charge in [-0.15, -0.1) is 0 Å². The number of carbonyl (C=O) groups is 1. The van der Waals surface area contributed by atoms with E-state index >= 15 is 0 Å². The molecular formula is C29H28ClNO4. The molecule has 3 aromatic carbocycles. The second-order valence-corrected chi connectivity index (χ2v) is 9.97. The van der Waals surface area contributed by atoms with Crippen LogP contribution in [0.2, 0.25) is 5.02 Å². The monoisotopic (exact) mass is 489 g/mol. The zero-order chi connectivity index (χ0) is 25.2. The lowest BCUT2D eigenvalue weighted by Gasteiger charge is -2.19. The average molecular weight is 490 g/mol. The Morgan fingerprint density at radius 3 is 2.37 bits per heavy atom. The highest BCUT2D eigenvalue weighted by molar-refractivity contribution is 6.32. The predicted octanol–water partition coefficient (Wildman–Crippen LogP) is 6.41. The minimum absolute atomic E-state index is 0.0178. The van der Waals surface area contributed by atoms with Crippen molar-refractivity contribution < 1.29 is 13.9 Å². The maximum absolute atomic E-state index is 13.4. The minimum atomic E-state index is -0.376. The second kappa shape index (κ2) is 9.96. The topological polar surface area (TPSA) is 68.5 Å². The van der Waals surface area contributed by atoms with Gasteiger partial charge in [-0.3, -0.25) is 9.59 Å². The Labute approximate surface area is 209 Å². The molecule has 35 heavy (non-hydrogen) atoms. The molecule has 6 heteroatoms. The van der Waals surface area contributed by atoms with E-state index in [1.807, 2.05) is 61.5 Å². The van der Waals surface area contributed by atoms with Gasteiger partial charge >= 0.3 is 0 Å². The molecule has 1 N–H and O–H groups in total. The number of amides is 1. The molecule has 0 fully saturated rings. The number of aryl methyl sites for hydroxylation is 1. The minimum Gasteiger partial charge on any atom is -0.476 e. The normalized spacial score (nSPS) is 11.5. The van der Waals surface area contributed by atoms with E-state index in [4.69, 9.17) is 20.8 Å². The van der Waals surface area contributed by atoms with Gasteiger partial charge in [-0.1, -0.05) is 87.0 Å². The molecule has 1 aromatic heterocycles. The molecule has 0 aliphatic carbocycles. The highest BCUT2D eigenvalue weighted by Gasteiger charge is 2.21. The van der Waals surface area contributed by atoms with E-state index in [0.717, 1.165) is 16.7 Å². The first kappa shape index (κ1) is 24.6. The van der Waals surface area contributed by atoms with Crippen LogP contribution in [0.1, 0.15) is 37.5 Å². The van der Waals surface area contributed by atoms with Crippen molar-refractivity contribution in [2.45, 2.75) is 39.7 Å². The third kappa shape index (κ3) is 5.57. The Bertz CT molecular complexity index is 1420. The molecular weight excluding hydrogens is 462 g/mol. The van der Waals surface area contributed by atoms with Crippen LogP contribution in [0.4, 0.5) is 0 Å². The maximum atomic E-state index is 13.4. The molecule has 0 bridgehead atoms. The third-order valence-corrected chi connectivity index (χ3v) is 6.23. The van der Waals surface area contributed by atoms with Crippen molar-refractivity contribution in [3.8, 4) is 17.1 Å². The van der Waals surface area contributed by atoms with Crippen LogP contribution >= 0.6 is 11.6 Å². The molecule has 0 aliphatic rings. The number of hydrogen-bond donors (Lipinski definition) is 1. The molecule has 4 rings (SSSR count). The molecule has 0 saturated carbocycles. The van der Waals surface area contributed by atoms with Gasteiger partial charge in [0.15, 0.2) is 12.4 Å². The molecule has 0 unspecified atom stereocenters. The van der Waals surface area contributed by atoms with Crippen molar-refractivity contribution in [1.82, 2.24) is 5.32 Å². The lowest BCUT2D eigenvalue weighted by molar-refractivity contribution is -0.123. The van der Waals surface area contributed by atoms with E-state index in [1.165, 1.54) is 0 Å². The number of carbonyl (C=O) groups excluding carboxylic acids is 1. The number of rotatable bonds is 6. The number of fused-ring (bicyclic) bond motifs is 1. The summed E-state index contributed by atoms with van der Waals surface area (Å²) in [5, 5.41) is 3.57. The van der Waals surface area contributed by atoms with Crippen LogP contribution in [0.5, 0.6) is 5.75 Å². The van der Waals surface area contributed by atoms with E-state index in [2.05, 4.69) is 26.1 Å². The van der Waals surface area contributed by atoms with E-state index in [0.29, 0.717) is 28.1 Å². The third-order valence-electron chi connectivity index (χ3n) is 5.82. The lowest BCUT2D eigenvalue weighted by atomic mass is 9.86. The van der Waals surface area contributed by atoms with Gasteiger partial charge in [0, 0.05) is 17.1 Å². The fourth-order valence-corrected chi connectivity index (χ4v) is 3.89. The zero-order valence-corrected chi connectivity index (χ0v) is 21.0. The first-order valence-electron chi connectivity index (χ1n) is 11.4. The van der Waals surface area contributed by atoms with E-state index in [9.17, 15) is 9.59 Å². The summed E-state index contributed by atoms with van der Waals surface area (Å²) in [5.74, 6) is -0.0827. The van der Waals surface area contributed by atoms with Crippen molar-refractivity contribution in [3.05, 3.63) is 98.7 Å². The summed E-state index contributed by atoms with van der Waals surface area (Å²) in [6, 6.07) is 20.7. The Hall–Kier alpha value is -3.57. The van der Waals surface area contributed by atoms with E-state index in [1.54, 1.807) is 12.1 Å². The first-order chi connectivity index (χ1) is 16.6. The van der Waals surface area contributed by atoms with Gasteiger partial charge < -0.3 is 14.5 Å². The Balaban J connectivity index is 1.68. The van der Waals surface area contributed by atoms with Gasteiger partial charge in [0.1, 0.15) is 5.58 Å². The quantitative estimate of drug-likeness (QED) is 0.339. The van der Waals surface area contributed by atoms with E-state index < -0.39 is 0 Å². The van der Waals surface area contributed by atoms with Crippen molar-refractivity contribution >= 4 is 28.5 Å².